The van der Waals surface area contributed by atoms with Gasteiger partial charge in [-0.3, -0.25) is 4.79 Å². The van der Waals surface area contributed by atoms with E-state index in [1.807, 2.05) is 43.3 Å². The molecule has 0 spiro atoms. The summed E-state index contributed by atoms with van der Waals surface area (Å²) in [6.07, 6.45) is 0. The van der Waals surface area contributed by atoms with Gasteiger partial charge in [0.05, 0.1) is 16.9 Å². The maximum atomic E-state index is 12.5. The lowest BCUT2D eigenvalue weighted by atomic mass is 10.1. The van der Waals surface area contributed by atoms with Gasteiger partial charge in [-0.25, -0.2) is 0 Å². The van der Waals surface area contributed by atoms with E-state index >= 15 is 0 Å². The zero-order valence-corrected chi connectivity index (χ0v) is 12.4. The Kier molecular flexibility index (Phi) is 3.90. The molecule has 19 heavy (non-hydrogen) atoms. The summed E-state index contributed by atoms with van der Waals surface area (Å²) in [6, 6.07) is 13.0. The minimum absolute atomic E-state index is 0.0928. The first-order valence-electron chi connectivity index (χ1n) is 5.89. The van der Waals surface area contributed by atoms with E-state index in [1.54, 1.807) is 18.0 Å². The van der Waals surface area contributed by atoms with E-state index in [0.717, 1.165) is 10.0 Å². The maximum Gasteiger partial charge on any atom is 0.259 e. The molecule has 0 atom stereocenters. The number of hydrogen-bond donors (Lipinski definition) is 1. The lowest BCUT2D eigenvalue weighted by Crippen LogP contribution is -2.27. The van der Waals surface area contributed by atoms with Crippen LogP contribution >= 0.6 is 15.9 Å². The number of nitrogens with zero attached hydrogens (tertiary/aromatic N) is 1. The highest BCUT2D eigenvalue weighted by Gasteiger charge is 2.17. The molecule has 0 radical (unpaired) electrons. The van der Waals surface area contributed by atoms with Gasteiger partial charge in [-0.1, -0.05) is 18.2 Å². The minimum atomic E-state index is -0.0928. The molecule has 4 heteroatoms. The van der Waals surface area contributed by atoms with E-state index in [4.69, 9.17) is 5.73 Å². The number of carbonyl (C=O) groups excluding carboxylic acids is 1. The first-order chi connectivity index (χ1) is 9.00. The van der Waals surface area contributed by atoms with E-state index in [1.165, 1.54) is 0 Å². The number of amides is 1. The number of anilines is 2. The number of halogens is 1. The quantitative estimate of drug-likeness (QED) is 0.860. The summed E-state index contributed by atoms with van der Waals surface area (Å²) in [6.45, 7) is 1.98. The highest BCUT2D eigenvalue weighted by atomic mass is 79.9. The molecule has 2 aromatic rings. The zero-order chi connectivity index (χ0) is 14.0. The average molecular weight is 319 g/mol. The fourth-order valence-corrected chi connectivity index (χ4v) is 2.54. The van der Waals surface area contributed by atoms with Crippen LogP contribution in [-0.2, 0) is 0 Å². The molecule has 98 valence electrons. The van der Waals surface area contributed by atoms with Gasteiger partial charge in [0.25, 0.3) is 5.91 Å². The third kappa shape index (κ3) is 2.79. The van der Waals surface area contributed by atoms with Crippen molar-refractivity contribution in [1.29, 1.82) is 0 Å². The Morgan fingerprint density at radius 1 is 1.21 bits per heavy atom. The van der Waals surface area contributed by atoms with Gasteiger partial charge in [0.1, 0.15) is 0 Å². The standard InChI is InChI=1S/C15H15BrN2O/c1-10-7-8-11(12(16)9-10)15(19)18(2)14-6-4-3-5-13(14)17/h3-9H,17H2,1-2H3. The van der Waals surface area contributed by atoms with Crippen LogP contribution in [0, 0.1) is 6.92 Å². The van der Waals surface area contributed by atoms with Crippen LogP contribution in [0.25, 0.3) is 0 Å². The Balaban J connectivity index is 2.37. The van der Waals surface area contributed by atoms with Crippen molar-refractivity contribution in [2.75, 3.05) is 17.7 Å². The van der Waals surface area contributed by atoms with Crippen molar-refractivity contribution >= 4 is 33.2 Å². The second-order valence-corrected chi connectivity index (χ2v) is 5.26. The molecule has 3 nitrogen and oxygen atoms in total. The Bertz CT molecular complexity index is 625. The van der Waals surface area contributed by atoms with E-state index in [-0.39, 0.29) is 5.91 Å². The largest absolute Gasteiger partial charge is 0.397 e. The molecule has 2 rings (SSSR count). The number of benzene rings is 2. The van der Waals surface area contributed by atoms with Gasteiger partial charge in [0.15, 0.2) is 0 Å². The Morgan fingerprint density at radius 3 is 2.53 bits per heavy atom. The fourth-order valence-electron chi connectivity index (χ4n) is 1.88. The molecule has 0 saturated heterocycles. The number of nitrogen functional groups attached to an aromatic ring is 1. The van der Waals surface area contributed by atoms with Gasteiger partial charge in [-0.15, -0.1) is 0 Å². The monoisotopic (exact) mass is 318 g/mol. The van der Waals surface area contributed by atoms with Gasteiger partial charge in [0, 0.05) is 11.5 Å². The molecule has 2 aromatic carbocycles. The van der Waals surface area contributed by atoms with E-state index in [0.29, 0.717) is 16.9 Å². The molecular formula is C15H15BrN2O. The highest BCUT2D eigenvalue weighted by Crippen LogP contribution is 2.25. The molecule has 1 amide bonds. The second kappa shape index (κ2) is 5.45. The molecule has 0 bridgehead atoms. The van der Waals surface area contributed by atoms with Crippen molar-refractivity contribution in [3.05, 3.63) is 58.1 Å². The van der Waals surface area contributed by atoms with Crippen molar-refractivity contribution in [1.82, 2.24) is 0 Å². The third-order valence-corrected chi connectivity index (χ3v) is 3.61. The average Bonchev–Trinajstić information content (AvgIpc) is 2.38. The second-order valence-electron chi connectivity index (χ2n) is 4.41. The summed E-state index contributed by atoms with van der Waals surface area (Å²) < 4.78 is 0.791. The Labute approximate surface area is 121 Å². The topological polar surface area (TPSA) is 46.3 Å². The summed E-state index contributed by atoms with van der Waals surface area (Å²) in [5.74, 6) is -0.0928. The lowest BCUT2D eigenvalue weighted by molar-refractivity contribution is 0.0992. The van der Waals surface area contributed by atoms with Crippen molar-refractivity contribution in [3.8, 4) is 0 Å². The van der Waals surface area contributed by atoms with Crippen LogP contribution in [0.2, 0.25) is 0 Å². The van der Waals surface area contributed by atoms with Crippen molar-refractivity contribution in [2.45, 2.75) is 6.92 Å². The maximum absolute atomic E-state index is 12.5. The predicted octanol–water partition coefficient (Wildman–Crippen LogP) is 3.62. The van der Waals surface area contributed by atoms with Crippen LogP contribution in [0.5, 0.6) is 0 Å². The van der Waals surface area contributed by atoms with Crippen LogP contribution in [0.3, 0.4) is 0 Å². The Morgan fingerprint density at radius 2 is 1.89 bits per heavy atom. The molecule has 0 saturated carbocycles. The smallest absolute Gasteiger partial charge is 0.259 e. The molecule has 0 unspecified atom stereocenters. The summed E-state index contributed by atoms with van der Waals surface area (Å²) in [4.78, 5) is 14.0. The van der Waals surface area contributed by atoms with Crippen LogP contribution in [0.1, 0.15) is 15.9 Å². The van der Waals surface area contributed by atoms with Gasteiger partial charge >= 0.3 is 0 Å². The number of aryl methyl sites for hydroxylation is 1. The van der Waals surface area contributed by atoms with E-state index in [2.05, 4.69) is 15.9 Å². The molecule has 0 fully saturated rings. The Hall–Kier alpha value is -1.81. The van der Waals surface area contributed by atoms with Crippen LogP contribution in [0.15, 0.2) is 46.9 Å². The van der Waals surface area contributed by atoms with E-state index < -0.39 is 0 Å². The third-order valence-electron chi connectivity index (χ3n) is 2.96. The number of rotatable bonds is 2. The van der Waals surface area contributed by atoms with Crippen molar-refractivity contribution < 1.29 is 4.79 Å². The number of hydrogen-bond acceptors (Lipinski definition) is 2. The van der Waals surface area contributed by atoms with Crippen LogP contribution in [0.4, 0.5) is 11.4 Å². The number of carbonyl (C=O) groups is 1. The summed E-state index contributed by atoms with van der Waals surface area (Å²) in [7, 11) is 1.72. The molecule has 0 aliphatic carbocycles. The summed E-state index contributed by atoms with van der Waals surface area (Å²) in [5, 5.41) is 0. The zero-order valence-electron chi connectivity index (χ0n) is 10.9. The van der Waals surface area contributed by atoms with Crippen LogP contribution < -0.4 is 10.6 Å². The highest BCUT2D eigenvalue weighted by molar-refractivity contribution is 9.10. The molecule has 0 heterocycles. The summed E-state index contributed by atoms with van der Waals surface area (Å²) in [5.41, 5.74) is 8.91. The molecule has 0 aliphatic rings. The van der Waals surface area contributed by atoms with Crippen molar-refractivity contribution in [3.63, 3.8) is 0 Å². The van der Waals surface area contributed by atoms with Gasteiger partial charge in [-0.2, -0.15) is 0 Å². The summed E-state index contributed by atoms with van der Waals surface area (Å²) >= 11 is 3.43. The molecular weight excluding hydrogens is 304 g/mol. The SMILES string of the molecule is Cc1ccc(C(=O)N(C)c2ccccc2N)c(Br)c1. The van der Waals surface area contributed by atoms with E-state index in [9.17, 15) is 4.79 Å². The first kappa shape index (κ1) is 13.6. The normalized spacial score (nSPS) is 10.3. The predicted molar refractivity (Wildman–Crippen MR) is 82.5 cm³/mol. The first-order valence-corrected chi connectivity index (χ1v) is 6.68. The molecule has 0 aromatic heterocycles. The number of para-hydroxylation sites is 2. The minimum Gasteiger partial charge on any atom is -0.397 e. The van der Waals surface area contributed by atoms with Gasteiger partial charge in [0.2, 0.25) is 0 Å². The van der Waals surface area contributed by atoms with Gasteiger partial charge < -0.3 is 10.6 Å². The number of nitrogens with two attached hydrogens (primary N) is 1. The molecule has 0 aliphatic heterocycles. The molecule has 2 N–H and O–H groups in total. The van der Waals surface area contributed by atoms with Gasteiger partial charge in [-0.05, 0) is 52.7 Å². The lowest BCUT2D eigenvalue weighted by Gasteiger charge is -2.20. The van der Waals surface area contributed by atoms with Crippen molar-refractivity contribution in [2.24, 2.45) is 0 Å². The fraction of sp³-hybridized carbons (Fsp3) is 0.133. The van der Waals surface area contributed by atoms with Crippen LogP contribution in [-0.4, -0.2) is 13.0 Å².